The van der Waals surface area contributed by atoms with Crippen molar-refractivity contribution in [2.75, 3.05) is 5.73 Å². The highest BCUT2D eigenvalue weighted by Crippen LogP contribution is 2.32. The Morgan fingerprint density at radius 1 is 1.21 bits per heavy atom. The molecule has 0 atom stereocenters. The maximum absolute atomic E-state index is 6.26. The molecular formula is C15H17N3S. The fourth-order valence-electron chi connectivity index (χ4n) is 2.28. The van der Waals surface area contributed by atoms with Crippen LogP contribution in [0.25, 0.3) is 16.2 Å². The van der Waals surface area contributed by atoms with Crippen LogP contribution in [-0.2, 0) is 6.42 Å². The topological polar surface area (TPSA) is 43.3 Å². The number of nitrogen functional groups attached to an aromatic ring is 1. The molecule has 0 bridgehead atoms. The molecule has 0 saturated carbocycles. The summed E-state index contributed by atoms with van der Waals surface area (Å²) >= 11 is 1.69. The lowest BCUT2D eigenvalue weighted by atomic mass is 10.1. The van der Waals surface area contributed by atoms with E-state index in [1.165, 1.54) is 16.1 Å². The summed E-state index contributed by atoms with van der Waals surface area (Å²) in [6.45, 7) is 6.34. The number of thiazole rings is 1. The first-order valence-electron chi connectivity index (χ1n) is 6.45. The Hall–Kier alpha value is -1.81. The van der Waals surface area contributed by atoms with Crippen LogP contribution in [0.15, 0.2) is 24.3 Å². The number of benzene rings is 1. The van der Waals surface area contributed by atoms with Crippen LogP contribution in [0, 0.1) is 13.8 Å². The first kappa shape index (κ1) is 12.2. The van der Waals surface area contributed by atoms with Gasteiger partial charge in [-0.3, -0.25) is 4.40 Å². The van der Waals surface area contributed by atoms with Crippen LogP contribution in [0.4, 0.5) is 5.82 Å². The maximum atomic E-state index is 6.26. The van der Waals surface area contributed by atoms with Crippen molar-refractivity contribution in [1.82, 2.24) is 9.38 Å². The van der Waals surface area contributed by atoms with Gasteiger partial charge in [0, 0.05) is 16.1 Å². The normalized spacial score (nSPS) is 11.3. The number of nitrogens with two attached hydrogens (primary N) is 1. The van der Waals surface area contributed by atoms with E-state index < -0.39 is 0 Å². The third-order valence-corrected chi connectivity index (χ3v) is 4.67. The molecule has 0 radical (unpaired) electrons. The molecule has 2 N–H and O–H groups in total. The van der Waals surface area contributed by atoms with Gasteiger partial charge in [0.1, 0.15) is 11.5 Å². The van der Waals surface area contributed by atoms with Crippen molar-refractivity contribution < 1.29 is 0 Å². The Morgan fingerprint density at radius 3 is 2.47 bits per heavy atom. The highest BCUT2D eigenvalue weighted by molar-refractivity contribution is 7.17. The second kappa shape index (κ2) is 4.38. The van der Waals surface area contributed by atoms with Crippen LogP contribution in [0.3, 0.4) is 0 Å². The Morgan fingerprint density at radius 2 is 1.89 bits per heavy atom. The summed E-state index contributed by atoms with van der Waals surface area (Å²) in [5, 5.41) is 0. The molecule has 19 heavy (non-hydrogen) atoms. The Kier molecular flexibility index (Phi) is 2.82. The monoisotopic (exact) mass is 271 g/mol. The van der Waals surface area contributed by atoms with Crippen LogP contribution < -0.4 is 5.73 Å². The van der Waals surface area contributed by atoms with Gasteiger partial charge >= 0.3 is 0 Å². The van der Waals surface area contributed by atoms with Gasteiger partial charge < -0.3 is 5.73 Å². The van der Waals surface area contributed by atoms with Gasteiger partial charge in [0.25, 0.3) is 0 Å². The van der Waals surface area contributed by atoms with Gasteiger partial charge in [-0.2, -0.15) is 0 Å². The number of aryl methyl sites for hydroxylation is 3. The molecule has 0 spiro atoms. The van der Waals surface area contributed by atoms with Crippen molar-refractivity contribution in [1.29, 1.82) is 0 Å². The molecule has 3 aromatic rings. The number of hydrogen-bond acceptors (Lipinski definition) is 3. The van der Waals surface area contributed by atoms with Crippen molar-refractivity contribution >= 4 is 22.1 Å². The molecular weight excluding hydrogens is 254 g/mol. The number of aromatic nitrogens is 2. The molecule has 4 heteroatoms. The molecule has 0 unspecified atom stereocenters. The van der Waals surface area contributed by atoms with Gasteiger partial charge in [-0.25, -0.2) is 4.98 Å². The summed E-state index contributed by atoms with van der Waals surface area (Å²) in [6.07, 6.45) is 1.05. The summed E-state index contributed by atoms with van der Waals surface area (Å²) in [6, 6.07) is 8.48. The summed E-state index contributed by atoms with van der Waals surface area (Å²) < 4.78 is 2.04. The highest BCUT2D eigenvalue weighted by Gasteiger charge is 2.15. The second-order valence-corrected chi connectivity index (χ2v) is 5.94. The van der Waals surface area contributed by atoms with Gasteiger partial charge in [0.2, 0.25) is 0 Å². The zero-order valence-electron chi connectivity index (χ0n) is 11.4. The molecule has 3 rings (SSSR count). The van der Waals surface area contributed by atoms with E-state index in [2.05, 4.69) is 50.0 Å². The van der Waals surface area contributed by atoms with E-state index in [1.54, 1.807) is 11.3 Å². The minimum absolute atomic E-state index is 0.737. The van der Waals surface area contributed by atoms with E-state index in [0.717, 1.165) is 28.5 Å². The number of rotatable bonds is 2. The smallest absolute Gasteiger partial charge is 0.196 e. The summed E-state index contributed by atoms with van der Waals surface area (Å²) in [4.78, 5) is 6.92. The van der Waals surface area contributed by atoms with Crippen LogP contribution in [0.5, 0.6) is 0 Å². The van der Waals surface area contributed by atoms with Crippen molar-refractivity contribution in [2.24, 2.45) is 0 Å². The molecule has 0 aliphatic carbocycles. The predicted octanol–water partition coefficient (Wildman–Crippen LogP) is 3.82. The van der Waals surface area contributed by atoms with E-state index >= 15 is 0 Å². The lowest BCUT2D eigenvalue weighted by Gasteiger charge is -2.02. The van der Waals surface area contributed by atoms with E-state index in [4.69, 9.17) is 5.73 Å². The van der Waals surface area contributed by atoms with Gasteiger partial charge in [-0.15, -0.1) is 11.3 Å². The Balaban J connectivity index is 2.16. The lowest BCUT2D eigenvalue weighted by Crippen LogP contribution is -1.95. The molecule has 0 aliphatic rings. The third-order valence-electron chi connectivity index (χ3n) is 3.61. The molecule has 0 fully saturated rings. The Labute approximate surface area is 116 Å². The van der Waals surface area contributed by atoms with Gasteiger partial charge in [-0.1, -0.05) is 31.2 Å². The fraction of sp³-hybridized carbons (Fsp3) is 0.267. The number of anilines is 1. The zero-order chi connectivity index (χ0) is 13.6. The molecule has 0 amide bonds. The van der Waals surface area contributed by atoms with Gasteiger partial charge in [-0.05, 0) is 25.8 Å². The first-order valence-corrected chi connectivity index (χ1v) is 7.26. The number of nitrogens with zero attached hydrogens (tertiary/aromatic N) is 2. The standard InChI is InChI=1S/C15H17N3S/c1-4-11-5-7-12(8-6-11)13-14(16)18-9(2)10(3)19-15(18)17-13/h5-8H,4,16H2,1-3H3. The largest absolute Gasteiger partial charge is 0.383 e. The summed E-state index contributed by atoms with van der Waals surface area (Å²) in [5.74, 6) is 0.737. The number of imidazole rings is 1. The predicted molar refractivity (Wildman–Crippen MR) is 81.8 cm³/mol. The fourth-order valence-corrected chi connectivity index (χ4v) is 3.26. The van der Waals surface area contributed by atoms with E-state index in [-0.39, 0.29) is 0 Å². The molecule has 0 aliphatic heterocycles. The minimum Gasteiger partial charge on any atom is -0.383 e. The lowest BCUT2D eigenvalue weighted by molar-refractivity contribution is 1.12. The Bertz CT molecular complexity index is 735. The quantitative estimate of drug-likeness (QED) is 0.770. The van der Waals surface area contributed by atoms with E-state index in [0.29, 0.717) is 0 Å². The van der Waals surface area contributed by atoms with Gasteiger partial charge in [0.05, 0.1) is 0 Å². The van der Waals surface area contributed by atoms with E-state index in [1.807, 2.05) is 4.40 Å². The molecule has 3 nitrogen and oxygen atoms in total. The molecule has 98 valence electrons. The number of hydrogen-bond donors (Lipinski definition) is 1. The maximum Gasteiger partial charge on any atom is 0.196 e. The average molecular weight is 271 g/mol. The SMILES string of the molecule is CCc1ccc(-c2nc3sc(C)c(C)n3c2N)cc1. The highest BCUT2D eigenvalue weighted by atomic mass is 32.1. The van der Waals surface area contributed by atoms with Crippen LogP contribution >= 0.6 is 11.3 Å². The van der Waals surface area contributed by atoms with Crippen LogP contribution in [0.2, 0.25) is 0 Å². The summed E-state index contributed by atoms with van der Waals surface area (Å²) in [7, 11) is 0. The van der Waals surface area contributed by atoms with Crippen molar-refractivity contribution in [3.8, 4) is 11.3 Å². The average Bonchev–Trinajstić information content (AvgIpc) is 2.88. The van der Waals surface area contributed by atoms with Crippen LogP contribution in [0.1, 0.15) is 23.1 Å². The molecule has 0 saturated heterocycles. The van der Waals surface area contributed by atoms with Crippen molar-refractivity contribution in [3.05, 3.63) is 40.4 Å². The second-order valence-electron chi connectivity index (χ2n) is 4.76. The summed E-state index contributed by atoms with van der Waals surface area (Å²) in [5.41, 5.74) is 10.7. The van der Waals surface area contributed by atoms with Gasteiger partial charge in [0.15, 0.2) is 4.96 Å². The third kappa shape index (κ3) is 1.83. The van der Waals surface area contributed by atoms with Crippen molar-refractivity contribution in [2.45, 2.75) is 27.2 Å². The van der Waals surface area contributed by atoms with Crippen LogP contribution in [-0.4, -0.2) is 9.38 Å². The molecule has 2 aromatic heterocycles. The number of fused-ring (bicyclic) bond motifs is 1. The zero-order valence-corrected chi connectivity index (χ0v) is 12.2. The minimum atomic E-state index is 0.737. The first-order chi connectivity index (χ1) is 9.11. The molecule has 1 aromatic carbocycles. The van der Waals surface area contributed by atoms with Crippen molar-refractivity contribution in [3.63, 3.8) is 0 Å². The van der Waals surface area contributed by atoms with E-state index in [9.17, 15) is 0 Å². The molecule has 2 heterocycles.